The molecule has 0 aliphatic rings. The van der Waals surface area contributed by atoms with Gasteiger partial charge in [-0.25, -0.2) is 4.68 Å². The molecule has 0 spiro atoms. The second-order valence-corrected chi connectivity index (χ2v) is 6.90. The third kappa shape index (κ3) is 6.10. The minimum atomic E-state index is -0.222. The first-order valence-electron chi connectivity index (χ1n) is 9.06. The van der Waals surface area contributed by atoms with Gasteiger partial charge in [-0.3, -0.25) is 9.59 Å². The fourth-order valence-corrected chi connectivity index (χ4v) is 3.07. The molecule has 6 nitrogen and oxygen atoms in total. The van der Waals surface area contributed by atoms with Crippen LogP contribution in [-0.4, -0.2) is 35.3 Å². The van der Waals surface area contributed by atoms with E-state index in [1.807, 2.05) is 31.2 Å². The highest BCUT2D eigenvalue weighted by molar-refractivity contribution is 6.33. The summed E-state index contributed by atoms with van der Waals surface area (Å²) in [6, 6.07) is 8.12. The standard InChI is InChI=1S/C20H26ClN3O3/c1-14-8-10-16(11-9-14)13-24-19(21)18(15(2)23-24)20(26)22-12-6-4-5-7-17(25)27-3/h8-11H,4-7,12-13H2,1-3H3,(H,22,26). The van der Waals surface area contributed by atoms with E-state index < -0.39 is 0 Å². The van der Waals surface area contributed by atoms with Gasteiger partial charge in [0.15, 0.2) is 0 Å². The molecular formula is C20H26ClN3O3. The fraction of sp³-hybridized carbons (Fsp3) is 0.450. The maximum absolute atomic E-state index is 12.5. The predicted molar refractivity (Wildman–Crippen MR) is 105 cm³/mol. The first-order valence-corrected chi connectivity index (χ1v) is 9.43. The molecule has 0 unspecified atom stereocenters. The Bertz CT molecular complexity index is 785. The van der Waals surface area contributed by atoms with E-state index in [-0.39, 0.29) is 11.9 Å². The molecule has 27 heavy (non-hydrogen) atoms. The third-order valence-electron chi connectivity index (χ3n) is 4.32. The first-order chi connectivity index (χ1) is 12.9. The molecule has 2 aromatic rings. The van der Waals surface area contributed by atoms with Gasteiger partial charge in [0.25, 0.3) is 5.91 Å². The number of nitrogens with one attached hydrogen (secondary N) is 1. The Balaban J connectivity index is 1.88. The van der Waals surface area contributed by atoms with E-state index in [0.29, 0.717) is 35.9 Å². The Morgan fingerprint density at radius 3 is 2.52 bits per heavy atom. The minimum Gasteiger partial charge on any atom is -0.469 e. The number of nitrogens with zero attached hydrogens (tertiary/aromatic N) is 2. The summed E-state index contributed by atoms with van der Waals surface area (Å²) in [4.78, 5) is 23.5. The van der Waals surface area contributed by atoms with Crippen molar-refractivity contribution in [3.63, 3.8) is 0 Å². The monoisotopic (exact) mass is 391 g/mol. The summed E-state index contributed by atoms with van der Waals surface area (Å²) in [5.41, 5.74) is 3.28. The van der Waals surface area contributed by atoms with Gasteiger partial charge >= 0.3 is 5.97 Å². The van der Waals surface area contributed by atoms with E-state index in [2.05, 4.69) is 15.2 Å². The van der Waals surface area contributed by atoms with Gasteiger partial charge in [-0.1, -0.05) is 47.9 Å². The first kappa shape index (κ1) is 21.0. The van der Waals surface area contributed by atoms with Crippen LogP contribution in [0.3, 0.4) is 0 Å². The van der Waals surface area contributed by atoms with Crippen molar-refractivity contribution < 1.29 is 14.3 Å². The number of hydrogen-bond donors (Lipinski definition) is 1. The highest BCUT2D eigenvalue weighted by Crippen LogP contribution is 2.21. The molecule has 0 aliphatic heterocycles. The number of ether oxygens (including phenoxy) is 1. The van der Waals surface area contributed by atoms with Crippen LogP contribution in [0.25, 0.3) is 0 Å². The van der Waals surface area contributed by atoms with Crippen molar-refractivity contribution in [3.8, 4) is 0 Å². The van der Waals surface area contributed by atoms with Gasteiger partial charge in [-0.2, -0.15) is 5.10 Å². The average molecular weight is 392 g/mol. The smallest absolute Gasteiger partial charge is 0.305 e. The van der Waals surface area contributed by atoms with Crippen LogP contribution >= 0.6 is 11.6 Å². The van der Waals surface area contributed by atoms with Crippen molar-refractivity contribution in [1.29, 1.82) is 0 Å². The summed E-state index contributed by atoms with van der Waals surface area (Å²) >= 11 is 6.41. The van der Waals surface area contributed by atoms with Gasteiger partial charge in [0.2, 0.25) is 0 Å². The number of carbonyl (C=O) groups excluding carboxylic acids is 2. The number of aryl methyl sites for hydroxylation is 2. The number of halogens is 1. The molecule has 0 atom stereocenters. The number of carbonyl (C=O) groups is 2. The summed E-state index contributed by atoms with van der Waals surface area (Å²) in [6.45, 7) is 4.86. The second kappa shape index (κ2) is 10.1. The lowest BCUT2D eigenvalue weighted by molar-refractivity contribution is -0.140. The quantitative estimate of drug-likeness (QED) is 0.523. The SMILES string of the molecule is COC(=O)CCCCCNC(=O)c1c(C)nn(Cc2ccc(C)cc2)c1Cl. The minimum absolute atomic E-state index is 0.206. The Kier molecular flexibility index (Phi) is 7.85. The Labute approximate surface area is 164 Å². The van der Waals surface area contributed by atoms with Crippen LogP contribution in [-0.2, 0) is 16.1 Å². The molecule has 0 radical (unpaired) electrons. The molecule has 0 bridgehead atoms. The van der Waals surface area contributed by atoms with Crippen molar-refractivity contribution in [3.05, 3.63) is 51.8 Å². The zero-order valence-corrected chi connectivity index (χ0v) is 16.8. The normalized spacial score (nSPS) is 10.7. The zero-order valence-electron chi connectivity index (χ0n) is 16.0. The molecular weight excluding hydrogens is 366 g/mol. The van der Waals surface area contributed by atoms with E-state index in [9.17, 15) is 9.59 Å². The van der Waals surface area contributed by atoms with Gasteiger partial charge in [0.1, 0.15) is 5.15 Å². The van der Waals surface area contributed by atoms with Crippen molar-refractivity contribution in [1.82, 2.24) is 15.1 Å². The van der Waals surface area contributed by atoms with E-state index in [4.69, 9.17) is 11.6 Å². The predicted octanol–water partition coefficient (Wildman–Crippen LogP) is 3.66. The zero-order chi connectivity index (χ0) is 19.8. The van der Waals surface area contributed by atoms with Crippen molar-refractivity contribution in [2.75, 3.05) is 13.7 Å². The lowest BCUT2D eigenvalue weighted by Crippen LogP contribution is -2.25. The summed E-state index contributed by atoms with van der Waals surface area (Å²) in [5, 5.41) is 7.63. The maximum atomic E-state index is 12.5. The molecule has 2 rings (SSSR count). The number of methoxy groups -OCH3 is 1. The molecule has 1 N–H and O–H groups in total. The van der Waals surface area contributed by atoms with Crippen LogP contribution < -0.4 is 5.32 Å². The van der Waals surface area contributed by atoms with Crippen LogP contribution in [0.15, 0.2) is 24.3 Å². The maximum Gasteiger partial charge on any atom is 0.305 e. The number of benzene rings is 1. The molecule has 1 amide bonds. The van der Waals surface area contributed by atoms with Gasteiger partial charge in [-0.15, -0.1) is 0 Å². The van der Waals surface area contributed by atoms with Crippen molar-refractivity contribution in [2.45, 2.75) is 46.1 Å². The Morgan fingerprint density at radius 2 is 1.85 bits per heavy atom. The van der Waals surface area contributed by atoms with Crippen molar-refractivity contribution >= 4 is 23.5 Å². The summed E-state index contributed by atoms with van der Waals surface area (Å²) in [7, 11) is 1.38. The van der Waals surface area contributed by atoms with E-state index in [1.165, 1.54) is 12.7 Å². The Hall–Kier alpha value is -2.34. The number of hydrogen-bond acceptors (Lipinski definition) is 4. The second-order valence-electron chi connectivity index (χ2n) is 6.54. The number of aromatic nitrogens is 2. The summed E-state index contributed by atoms with van der Waals surface area (Å²) < 4.78 is 6.24. The van der Waals surface area contributed by atoms with Crippen LogP contribution in [0, 0.1) is 13.8 Å². The molecule has 0 aliphatic carbocycles. The molecule has 1 aromatic carbocycles. The topological polar surface area (TPSA) is 73.2 Å². The number of amides is 1. The molecule has 7 heteroatoms. The van der Waals surface area contributed by atoms with Crippen LogP contribution in [0.5, 0.6) is 0 Å². The highest BCUT2D eigenvalue weighted by Gasteiger charge is 2.20. The number of unbranched alkanes of at least 4 members (excludes halogenated alkanes) is 2. The van der Waals surface area contributed by atoms with Crippen LogP contribution in [0.4, 0.5) is 0 Å². The molecule has 0 saturated carbocycles. The lowest BCUT2D eigenvalue weighted by Gasteiger charge is -2.06. The summed E-state index contributed by atoms with van der Waals surface area (Å²) in [5.74, 6) is -0.428. The Morgan fingerprint density at radius 1 is 1.15 bits per heavy atom. The van der Waals surface area contributed by atoms with Gasteiger partial charge in [0.05, 0.1) is 24.9 Å². The molecule has 1 aromatic heterocycles. The highest BCUT2D eigenvalue weighted by atomic mass is 35.5. The van der Waals surface area contributed by atoms with Gasteiger partial charge < -0.3 is 10.1 Å². The fourth-order valence-electron chi connectivity index (χ4n) is 2.75. The van der Waals surface area contributed by atoms with E-state index in [0.717, 1.165) is 24.8 Å². The summed E-state index contributed by atoms with van der Waals surface area (Å²) in [6.07, 6.45) is 2.78. The molecule has 0 fully saturated rings. The van der Waals surface area contributed by atoms with Gasteiger partial charge in [-0.05, 0) is 32.3 Å². The molecule has 0 saturated heterocycles. The van der Waals surface area contributed by atoms with Crippen molar-refractivity contribution in [2.24, 2.45) is 0 Å². The molecule has 1 heterocycles. The van der Waals surface area contributed by atoms with E-state index in [1.54, 1.807) is 11.6 Å². The number of rotatable bonds is 9. The van der Waals surface area contributed by atoms with Crippen LogP contribution in [0.2, 0.25) is 5.15 Å². The van der Waals surface area contributed by atoms with Crippen LogP contribution in [0.1, 0.15) is 52.9 Å². The molecule has 146 valence electrons. The van der Waals surface area contributed by atoms with E-state index >= 15 is 0 Å². The number of esters is 1. The average Bonchev–Trinajstić information content (AvgIpc) is 2.92. The lowest BCUT2D eigenvalue weighted by atomic mass is 10.1. The largest absolute Gasteiger partial charge is 0.469 e. The van der Waals surface area contributed by atoms with Gasteiger partial charge in [0, 0.05) is 13.0 Å². The third-order valence-corrected chi connectivity index (χ3v) is 4.70.